The van der Waals surface area contributed by atoms with Gasteiger partial charge in [-0.1, -0.05) is 206 Å². The number of hydrogen-bond acceptors (Lipinski definition) is 0. The molecule has 0 aliphatic carbocycles. The summed E-state index contributed by atoms with van der Waals surface area (Å²) in [5.74, 6) is 0. The molecule has 0 N–H and O–H groups in total. The molecule has 0 saturated carbocycles. The van der Waals surface area contributed by atoms with Gasteiger partial charge in [0.25, 0.3) is 0 Å². The normalized spacial score (nSPS) is 11.8. The molecule has 0 bridgehead atoms. The van der Waals surface area contributed by atoms with Crippen LogP contribution in [0.1, 0.15) is 0 Å². The van der Waals surface area contributed by atoms with Crippen LogP contribution in [-0.2, 0) is 0 Å². The fourth-order valence-corrected chi connectivity index (χ4v) is 11.1. The van der Waals surface area contributed by atoms with E-state index < -0.39 is 0 Å². The monoisotopic (exact) mass is 873 g/mol. The van der Waals surface area contributed by atoms with Crippen LogP contribution in [0.3, 0.4) is 0 Å². The number of hydrogen-bond donors (Lipinski definition) is 0. The highest BCUT2D eigenvalue weighted by Gasteiger charge is 2.17. The second kappa shape index (κ2) is 15.8. The number of rotatable bonds is 6. The van der Waals surface area contributed by atoms with Crippen molar-refractivity contribution in [2.24, 2.45) is 0 Å². The van der Waals surface area contributed by atoms with Crippen molar-refractivity contribution in [2.45, 2.75) is 0 Å². The average Bonchev–Trinajstić information content (AvgIpc) is 3.75. The van der Waals surface area contributed by atoms with Crippen LogP contribution in [0.25, 0.3) is 137 Å². The van der Waals surface area contributed by atoms with Crippen LogP contribution in [-0.4, -0.2) is 4.57 Å². The van der Waals surface area contributed by atoms with Crippen molar-refractivity contribution in [2.75, 3.05) is 0 Å². The summed E-state index contributed by atoms with van der Waals surface area (Å²) in [5.41, 5.74) is 15.7. The number of aromatic nitrogens is 1. The predicted octanol–water partition coefficient (Wildman–Crippen LogP) is 18.9. The standard InChI is InChI=1S/C68H43N/c1-2-12-50-39-51(30-25-44(50)11-1)47-31-35-56(36-32-47)69-67-37-33-52(45-21-26-48(27-22-45)63-42-54-13-3-5-15-57(54)59-17-7-9-19-61(59)63)40-65(67)66-41-53(34-38-68(66)69)46-23-28-49(29-24-46)64-43-55-14-4-6-16-58(55)60-18-8-10-20-62(60)64/h1-43H. The van der Waals surface area contributed by atoms with Crippen LogP contribution in [0.4, 0.5) is 0 Å². The van der Waals surface area contributed by atoms with Gasteiger partial charge in [-0.25, -0.2) is 0 Å². The third kappa shape index (κ3) is 6.54. The van der Waals surface area contributed by atoms with Gasteiger partial charge in [0.1, 0.15) is 0 Å². The molecule has 0 saturated heterocycles. The molecule has 69 heavy (non-hydrogen) atoms. The van der Waals surface area contributed by atoms with Gasteiger partial charge in [-0.2, -0.15) is 0 Å². The van der Waals surface area contributed by atoms with Crippen molar-refractivity contribution in [1.29, 1.82) is 0 Å². The molecule has 0 unspecified atom stereocenters. The van der Waals surface area contributed by atoms with E-state index in [1.807, 2.05) is 0 Å². The zero-order chi connectivity index (χ0) is 45.4. The fraction of sp³-hybridized carbons (Fsp3) is 0. The molecule has 1 aromatic heterocycles. The SMILES string of the molecule is c1ccc2cc(-c3ccc(-n4c5ccc(-c6ccc(-c7cc8ccccc8c8ccccc78)cc6)cc5c5cc(-c6ccc(-c7cc8ccccc8c8ccccc78)cc6)ccc54)cc3)ccc2c1. The van der Waals surface area contributed by atoms with Gasteiger partial charge in [0.05, 0.1) is 11.0 Å². The van der Waals surface area contributed by atoms with Crippen molar-refractivity contribution in [1.82, 2.24) is 4.57 Å². The quantitative estimate of drug-likeness (QED) is 0.147. The first kappa shape index (κ1) is 39.2. The van der Waals surface area contributed by atoms with Gasteiger partial charge in [-0.15, -0.1) is 0 Å². The maximum atomic E-state index is 2.43. The van der Waals surface area contributed by atoms with Crippen molar-refractivity contribution in [3.05, 3.63) is 261 Å². The fourth-order valence-electron chi connectivity index (χ4n) is 11.1. The summed E-state index contributed by atoms with van der Waals surface area (Å²) in [4.78, 5) is 0. The van der Waals surface area contributed by atoms with Gasteiger partial charge in [0.15, 0.2) is 0 Å². The largest absolute Gasteiger partial charge is 0.309 e. The first-order chi connectivity index (χ1) is 34.2. The molecule has 0 aliphatic heterocycles. The van der Waals surface area contributed by atoms with Gasteiger partial charge in [-0.3, -0.25) is 0 Å². The third-order valence-electron chi connectivity index (χ3n) is 14.6. The Morgan fingerprint density at radius 3 is 1.03 bits per heavy atom. The highest BCUT2D eigenvalue weighted by atomic mass is 15.0. The summed E-state index contributed by atoms with van der Waals surface area (Å²) >= 11 is 0. The molecule has 0 spiro atoms. The molecule has 14 rings (SSSR count). The second-order valence-corrected chi connectivity index (χ2v) is 18.4. The highest BCUT2D eigenvalue weighted by Crippen LogP contribution is 2.41. The molecule has 13 aromatic carbocycles. The molecule has 320 valence electrons. The summed E-state index contributed by atoms with van der Waals surface area (Å²) in [6.45, 7) is 0. The topological polar surface area (TPSA) is 4.93 Å². The summed E-state index contributed by atoms with van der Waals surface area (Å²) in [7, 11) is 0. The molecule has 1 nitrogen and oxygen atoms in total. The van der Waals surface area contributed by atoms with E-state index in [9.17, 15) is 0 Å². The number of nitrogens with zero attached hydrogens (tertiary/aromatic N) is 1. The molecule has 0 fully saturated rings. The Balaban J connectivity index is 0.879. The Morgan fingerprint density at radius 1 is 0.188 bits per heavy atom. The van der Waals surface area contributed by atoms with E-state index >= 15 is 0 Å². The molecule has 0 amide bonds. The smallest absolute Gasteiger partial charge is 0.0541 e. The van der Waals surface area contributed by atoms with Crippen molar-refractivity contribution in [3.63, 3.8) is 0 Å². The second-order valence-electron chi connectivity index (χ2n) is 18.4. The van der Waals surface area contributed by atoms with E-state index in [0.717, 1.165) is 5.69 Å². The van der Waals surface area contributed by atoms with Crippen LogP contribution >= 0.6 is 0 Å². The Hall–Kier alpha value is -9.04. The van der Waals surface area contributed by atoms with Gasteiger partial charge >= 0.3 is 0 Å². The van der Waals surface area contributed by atoms with Crippen LogP contribution in [0.15, 0.2) is 261 Å². The minimum Gasteiger partial charge on any atom is -0.309 e. The van der Waals surface area contributed by atoms with Gasteiger partial charge < -0.3 is 4.57 Å². The number of fused-ring (bicyclic) bond motifs is 10. The Morgan fingerprint density at radius 2 is 0.536 bits per heavy atom. The maximum Gasteiger partial charge on any atom is 0.0541 e. The summed E-state index contributed by atoms with van der Waals surface area (Å²) in [6, 6.07) is 96.4. The molecule has 0 aliphatic rings. The lowest BCUT2D eigenvalue weighted by molar-refractivity contribution is 1.18. The lowest BCUT2D eigenvalue weighted by atomic mass is 9.92. The summed E-state index contributed by atoms with van der Waals surface area (Å²) in [6.07, 6.45) is 0. The third-order valence-corrected chi connectivity index (χ3v) is 14.6. The molecule has 1 heterocycles. The van der Waals surface area contributed by atoms with Crippen LogP contribution in [0.5, 0.6) is 0 Å². The van der Waals surface area contributed by atoms with Crippen molar-refractivity contribution < 1.29 is 0 Å². The van der Waals surface area contributed by atoms with E-state index in [4.69, 9.17) is 0 Å². The zero-order valence-corrected chi connectivity index (χ0v) is 37.8. The van der Waals surface area contributed by atoms with Crippen LogP contribution < -0.4 is 0 Å². The Bertz CT molecular complexity index is 4110. The van der Waals surface area contributed by atoms with Gasteiger partial charge in [-0.05, 0) is 164 Å². The number of benzene rings is 13. The van der Waals surface area contributed by atoms with Gasteiger partial charge in [0.2, 0.25) is 0 Å². The maximum absolute atomic E-state index is 2.43. The van der Waals surface area contributed by atoms with E-state index in [-0.39, 0.29) is 0 Å². The van der Waals surface area contributed by atoms with Gasteiger partial charge in [0, 0.05) is 16.5 Å². The lowest BCUT2D eigenvalue weighted by Gasteiger charge is -2.12. The summed E-state index contributed by atoms with van der Waals surface area (Å²) < 4.78 is 2.43. The van der Waals surface area contributed by atoms with E-state index in [2.05, 4.69) is 265 Å². The minimum atomic E-state index is 1.14. The first-order valence-corrected chi connectivity index (χ1v) is 23.9. The average molecular weight is 874 g/mol. The van der Waals surface area contributed by atoms with Crippen molar-refractivity contribution >= 4 is 75.7 Å². The van der Waals surface area contributed by atoms with Crippen molar-refractivity contribution in [3.8, 4) is 61.3 Å². The molecule has 14 aromatic rings. The minimum absolute atomic E-state index is 1.14. The Kier molecular flexibility index (Phi) is 8.97. The molecular weight excluding hydrogens is 831 g/mol. The lowest BCUT2D eigenvalue weighted by Crippen LogP contribution is -1.94. The van der Waals surface area contributed by atoms with Crippen LogP contribution in [0.2, 0.25) is 0 Å². The molecule has 1 heteroatoms. The predicted molar refractivity (Wildman–Crippen MR) is 295 cm³/mol. The molecular formula is C68H43N. The summed E-state index contributed by atoms with van der Waals surface area (Å²) in [5, 5.41) is 15.2. The Labute approximate surface area is 400 Å². The first-order valence-electron chi connectivity index (χ1n) is 23.9. The van der Waals surface area contributed by atoms with E-state index in [1.165, 1.54) is 131 Å². The van der Waals surface area contributed by atoms with Crippen LogP contribution in [0, 0.1) is 0 Å². The molecule has 0 atom stereocenters. The molecule has 0 radical (unpaired) electrons. The highest BCUT2D eigenvalue weighted by molar-refractivity contribution is 6.16. The van der Waals surface area contributed by atoms with E-state index in [0.29, 0.717) is 0 Å². The van der Waals surface area contributed by atoms with E-state index in [1.54, 1.807) is 0 Å². The zero-order valence-electron chi connectivity index (χ0n) is 37.8.